The minimum Gasteiger partial charge on any atom is -1.00 e. The number of carboxylic acid groups (broad SMARTS) is 1. The summed E-state index contributed by atoms with van der Waals surface area (Å²) in [5.41, 5.74) is 3.69. The predicted molar refractivity (Wildman–Crippen MR) is 223 cm³/mol. The Hall–Kier alpha value is -3.34. The molecule has 0 saturated heterocycles. The van der Waals surface area contributed by atoms with E-state index in [0.717, 1.165) is 24.9 Å². The normalized spacial score (nSPS) is 9.37. The van der Waals surface area contributed by atoms with Crippen LogP contribution < -0.4 is 59.1 Å². The number of rotatable bonds is 17. The van der Waals surface area contributed by atoms with Crippen LogP contribution in [-0.2, 0) is 70.1 Å². The number of aryl methyl sites for hydroxylation is 4. The summed E-state index contributed by atoms with van der Waals surface area (Å²) in [5.74, 6) is -5.48. The molecule has 0 radical (unpaired) electrons. The summed E-state index contributed by atoms with van der Waals surface area (Å²) in [6, 6.07) is 0. The maximum atomic E-state index is 11.4. The number of alkyl halides is 1. The number of aromatic amines is 2. The molecule has 24 heteroatoms. The molecule has 2 aromatic heterocycles. The minimum atomic E-state index is -1.22. The zero-order valence-electron chi connectivity index (χ0n) is 39.9. The number of aromatic nitrogens is 4. The Morgan fingerprint density at radius 2 is 1.06 bits per heavy atom. The number of hydrogen-bond acceptors (Lipinski definition) is 17. The number of aromatic carboxylic acids is 1. The maximum Gasteiger partial charge on any atom is 1.00 e. The summed E-state index contributed by atoms with van der Waals surface area (Å²) in [6.45, 7) is 19.4. The third-order valence-corrected chi connectivity index (χ3v) is 7.06. The first-order valence-electron chi connectivity index (χ1n) is 18.7. The SMILES string of the molecule is CC(=O)Cl.CCC(=O)C(C(C)=O)C(=O)OC.CCOC(=O)CC(=O)CC.CCOC(=O)CC(=O)CCl.CCOC(=O)c1c(CC)n[nH]c1C.CCc1n[nH]c(C)c1C(=O)O.[H-].[Na+].[Na+].[OH-]. The molecular weight excluding hydrogens is 897 g/mol. The van der Waals surface area contributed by atoms with Gasteiger partial charge in [0.05, 0.1) is 44.2 Å². The molecule has 0 aromatic carbocycles. The zero-order valence-corrected chi connectivity index (χ0v) is 44.4. The third kappa shape index (κ3) is 36.7. The van der Waals surface area contributed by atoms with E-state index in [1.54, 1.807) is 41.5 Å². The van der Waals surface area contributed by atoms with E-state index in [1.165, 1.54) is 13.8 Å². The van der Waals surface area contributed by atoms with Gasteiger partial charge in [0.2, 0.25) is 5.24 Å². The van der Waals surface area contributed by atoms with E-state index >= 15 is 0 Å². The van der Waals surface area contributed by atoms with Crippen molar-refractivity contribution >= 4 is 81.4 Å². The Morgan fingerprint density at radius 3 is 1.35 bits per heavy atom. The van der Waals surface area contributed by atoms with E-state index in [9.17, 15) is 47.9 Å². The number of esters is 4. The van der Waals surface area contributed by atoms with Crippen LogP contribution in [0.15, 0.2) is 0 Å². The van der Waals surface area contributed by atoms with Gasteiger partial charge in [-0.15, -0.1) is 11.6 Å². The Kier molecular flexibility index (Phi) is 53.2. The van der Waals surface area contributed by atoms with Crippen LogP contribution in [0.1, 0.15) is 133 Å². The number of carbonyl (C=O) groups is 10. The second-order valence-corrected chi connectivity index (χ2v) is 12.3. The second-order valence-electron chi connectivity index (χ2n) is 11.5. The zero-order chi connectivity index (χ0) is 47.5. The van der Waals surface area contributed by atoms with Crippen LogP contribution >= 0.6 is 23.2 Å². The van der Waals surface area contributed by atoms with Crippen LogP contribution in [0.5, 0.6) is 0 Å². The van der Waals surface area contributed by atoms with E-state index in [0.29, 0.717) is 55.2 Å². The van der Waals surface area contributed by atoms with Crippen LogP contribution in [0.4, 0.5) is 0 Å². The van der Waals surface area contributed by atoms with Gasteiger partial charge >= 0.3 is 89.0 Å². The van der Waals surface area contributed by atoms with E-state index in [-0.39, 0.29) is 114 Å². The summed E-state index contributed by atoms with van der Waals surface area (Å²) in [6.07, 6.45) is 1.66. The summed E-state index contributed by atoms with van der Waals surface area (Å²) < 4.78 is 18.3. The summed E-state index contributed by atoms with van der Waals surface area (Å²) in [4.78, 5) is 106. The number of methoxy groups -OCH3 is 1. The molecule has 4 N–H and O–H groups in total. The number of carbonyl (C=O) groups excluding carboxylic acids is 9. The summed E-state index contributed by atoms with van der Waals surface area (Å²) in [7, 11) is 1.15. The monoisotopic (exact) mass is 958 g/mol. The van der Waals surface area contributed by atoms with Crippen molar-refractivity contribution in [2.45, 2.75) is 115 Å². The van der Waals surface area contributed by atoms with Gasteiger partial charge in [-0.25, -0.2) is 9.59 Å². The molecule has 0 spiro atoms. The largest absolute Gasteiger partial charge is 1.00 e. The number of hydrogen-bond donors (Lipinski definition) is 3. The van der Waals surface area contributed by atoms with Gasteiger partial charge in [0.25, 0.3) is 0 Å². The predicted octanol–water partition coefficient (Wildman–Crippen LogP) is -0.839. The third-order valence-electron chi connectivity index (χ3n) is 6.76. The van der Waals surface area contributed by atoms with Crippen LogP contribution in [-0.4, -0.2) is 122 Å². The fourth-order valence-corrected chi connectivity index (χ4v) is 4.09. The molecule has 2 heterocycles. The van der Waals surface area contributed by atoms with Crippen LogP contribution in [0.25, 0.3) is 0 Å². The van der Waals surface area contributed by atoms with Gasteiger partial charge in [-0.05, 0) is 66.0 Å². The molecule has 0 aliphatic rings. The number of ether oxygens (including phenoxy) is 4. The number of nitrogens with zero attached hydrogens (tertiary/aromatic N) is 2. The van der Waals surface area contributed by atoms with E-state index in [4.69, 9.17) is 21.4 Å². The van der Waals surface area contributed by atoms with Gasteiger partial charge in [-0.2, -0.15) is 10.2 Å². The molecule has 63 heavy (non-hydrogen) atoms. The summed E-state index contributed by atoms with van der Waals surface area (Å²) in [5, 5.41) is 21.6. The van der Waals surface area contributed by atoms with E-state index in [2.05, 4.69) is 46.2 Å². The Labute approximate surface area is 424 Å². The van der Waals surface area contributed by atoms with E-state index < -0.39 is 41.4 Å². The van der Waals surface area contributed by atoms with Crippen molar-refractivity contribution in [3.8, 4) is 0 Å². The number of nitrogens with one attached hydrogen (secondary N) is 2. The molecule has 0 aliphatic heterocycles. The van der Waals surface area contributed by atoms with Crippen molar-refractivity contribution in [3.05, 3.63) is 33.9 Å². The standard InChI is InChI=1S/C9H14N2O2.C8H12O4.C7H10N2O2.C7H12O3.C6H9ClO3.C2H3ClO.2Na.H2O.H/c1-4-7-8(6(3)10-11-7)9(12)13-5-2;1-4-6(10)7(5(2)9)8(11)12-3;1-3-5-6(7(10)11)4(2)8-9-5;1-3-6(8)5-7(9)10-4-2;1-2-10-6(9)3-5(8)4-7;1-2(3)4;;;;/h4-5H2,1-3H3,(H,10,11);7H,4H2,1-3H3;3H2,1-2H3,(H,8,9)(H,10,11);3-5H2,1-2H3;2-4H2,1H3;1H3;;;1H2;/q;;;;;;2*+1;;-1/p-1. The molecule has 0 amide bonds. The average molecular weight is 960 g/mol. The van der Waals surface area contributed by atoms with Crippen molar-refractivity contribution in [2.75, 3.05) is 32.8 Å². The average Bonchev–Trinajstić information content (AvgIpc) is 3.76. The quantitative estimate of drug-likeness (QED) is 0.0435. The second kappa shape index (κ2) is 45.2. The molecule has 0 saturated carbocycles. The molecule has 1 unspecified atom stereocenters. The molecule has 0 aliphatic carbocycles. The number of H-pyrrole nitrogens is 2. The van der Waals surface area contributed by atoms with Crippen LogP contribution in [0.3, 0.4) is 0 Å². The topological polar surface area (TPSA) is 315 Å². The molecular formula is C39H62Cl2N4Na2O16. The van der Waals surface area contributed by atoms with Gasteiger partial charge in [0.15, 0.2) is 23.3 Å². The molecule has 20 nitrogen and oxygen atoms in total. The van der Waals surface area contributed by atoms with Crippen molar-refractivity contribution in [2.24, 2.45) is 5.92 Å². The van der Waals surface area contributed by atoms with Crippen molar-refractivity contribution in [3.63, 3.8) is 0 Å². The first kappa shape index (κ1) is 74.0. The molecule has 1 atom stereocenters. The van der Waals surface area contributed by atoms with Crippen LogP contribution in [0, 0.1) is 19.8 Å². The van der Waals surface area contributed by atoms with Gasteiger partial charge < -0.3 is 31.0 Å². The van der Waals surface area contributed by atoms with Gasteiger partial charge in [0.1, 0.15) is 29.8 Å². The number of halogens is 2. The summed E-state index contributed by atoms with van der Waals surface area (Å²) >= 11 is 9.77. The molecule has 0 bridgehead atoms. The van der Waals surface area contributed by atoms with Crippen molar-refractivity contribution in [1.82, 2.24) is 20.4 Å². The number of carboxylic acids is 1. The maximum absolute atomic E-state index is 11.4. The Bertz CT molecular complexity index is 1660. The molecule has 0 fully saturated rings. The molecule has 2 rings (SSSR count). The fourth-order valence-electron chi connectivity index (χ4n) is 3.99. The molecule has 350 valence electrons. The Balaban J connectivity index is -0.0000000987. The first-order valence-corrected chi connectivity index (χ1v) is 19.6. The smallest absolute Gasteiger partial charge is 1.00 e. The van der Waals surface area contributed by atoms with E-state index in [1.807, 2.05) is 20.8 Å². The van der Waals surface area contributed by atoms with Gasteiger partial charge in [0, 0.05) is 31.2 Å². The van der Waals surface area contributed by atoms with Crippen molar-refractivity contribution < 1.29 is 138 Å². The minimum absolute atomic E-state index is 0. The van der Waals surface area contributed by atoms with Gasteiger partial charge in [-0.3, -0.25) is 48.6 Å². The van der Waals surface area contributed by atoms with Crippen LogP contribution in [0.2, 0.25) is 0 Å². The van der Waals surface area contributed by atoms with Gasteiger partial charge in [-0.1, -0.05) is 27.7 Å². The first-order chi connectivity index (χ1) is 28.0. The number of Topliss-reactive ketones (excluding diaryl/α,β-unsaturated/α-hetero) is 4. The Morgan fingerprint density at radius 1 is 0.683 bits per heavy atom. The van der Waals surface area contributed by atoms with Crippen molar-refractivity contribution in [1.29, 1.82) is 0 Å². The number of ketones is 4. The molecule has 2 aromatic rings. The fraction of sp³-hybridized carbons (Fsp3) is 0.590.